The van der Waals surface area contributed by atoms with E-state index in [1.54, 1.807) is 0 Å². The topological polar surface area (TPSA) is 95.5 Å². The minimum absolute atomic E-state index is 0.0289. The van der Waals surface area contributed by atoms with Crippen LogP contribution in [-0.2, 0) is 14.8 Å². The molecule has 1 aromatic rings. The van der Waals surface area contributed by atoms with Gasteiger partial charge in [0.1, 0.15) is 0 Å². The molecular weight excluding hydrogens is 316 g/mol. The smallest absolute Gasteiger partial charge is 0.240 e. The van der Waals surface area contributed by atoms with Crippen molar-refractivity contribution in [3.8, 4) is 0 Å². The lowest BCUT2D eigenvalue weighted by molar-refractivity contribution is -0.121. The van der Waals surface area contributed by atoms with Crippen LogP contribution in [0.15, 0.2) is 29.2 Å². The summed E-state index contributed by atoms with van der Waals surface area (Å²) >= 11 is 5.70. The molecule has 0 aromatic heterocycles. The van der Waals surface area contributed by atoms with Crippen molar-refractivity contribution in [2.45, 2.75) is 24.2 Å². The van der Waals surface area contributed by atoms with Gasteiger partial charge in [-0.15, -0.1) is 0 Å². The van der Waals surface area contributed by atoms with Gasteiger partial charge in [-0.25, -0.2) is 13.1 Å². The Morgan fingerprint density at radius 2 is 1.81 bits per heavy atom. The number of nitrogens with one attached hydrogen (secondary N) is 2. The van der Waals surface area contributed by atoms with Crippen LogP contribution in [0.1, 0.15) is 19.3 Å². The van der Waals surface area contributed by atoms with Crippen LogP contribution in [0.4, 0.5) is 0 Å². The monoisotopic (exact) mass is 334 g/mol. The molecule has 0 aliphatic heterocycles. The third-order valence-corrected chi connectivity index (χ3v) is 4.38. The summed E-state index contributed by atoms with van der Waals surface area (Å²) in [5.41, 5.74) is 0. The lowest BCUT2D eigenvalue weighted by Crippen LogP contribution is -2.28. The minimum Gasteiger partial charge on any atom is -0.396 e. The Hall–Kier alpha value is -1.15. The zero-order valence-electron chi connectivity index (χ0n) is 11.5. The molecule has 3 N–H and O–H groups in total. The lowest BCUT2D eigenvalue weighted by Gasteiger charge is -2.07. The van der Waals surface area contributed by atoms with Gasteiger partial charge in [0.25, 0.3) is 0 Å². The van der Waals surface area contributed by atoms with Crippen LogP contribution >= 0.6 is 11.6 Å². The summed E-state index contributed by atoms with van der Waals surface area (Å²) < 4.78 is 26.3. The predicted molar refractivity (Wildman–Crippen MR) is 80.6 cm³/mol. The first-order valence-corrected chi connectivity index (χ1v) is 8.44. The summed E-state index contributed by atoms with van der Waals surface area (Å²) in [7, 11) is -3.57. The molecule has 1 rings (SSSR count). The van der Waals surface area contributed by atoms with Crippen LogP contribution < -0.4 is 10.0 Å². The highest BCUT2D eigenvalue weighted by Crippen LogP contribution is 2.13. The molecule has 0 saturated carbocycles. The van der Waals surface area contributed by atoms with Crippen molar-refractivity contribution in [1.82, 2.24) is 10.0 Å². The van der Waals surface area contributed by atoms with Crippen LogP contribution in [0.3, 0.4) is 0 Å². The summed E-state index contributed by atoms with van der Waals surface area (Å²) in [5, 5.41) is 11.7. The highest BCUT2D eigenvalue weighted by Gasteiger charge is 2.13. The molecule has 0 aliphatic rings. The maximum atomic E-state index is 11.9. The number of hydrogen-bond donors (Lipinski definition) is 3. The van der Waals surface area contributed by atoms with Crippen molar-refractivity contribution in [3.05, 3.63) is 29.3 Å². The van der Waals surface area contributed by atoms with Crippen molar-refractivity contribution in [1.29, 1.82) is 0 Å². The molecule has 6 nitrogen and oxygen atoms in total. The Kier molecular flexibility index (Phi) is 7.66. The number of carbonyl (C=O) groups is 1. The summed E-state index contributed by atoms with van der Waals surface area (Å²) in [6, 6.07) is 5.86. The molecule has 1 amide bonds. The Bertz CT molecular complexity index is 546. The zero-order chi connectivity index (χ0) is 15.7. The Morgan fingerprint density at radius 3 is 2.43 bits per heavy atom. The third-order valence-electron chi connectivity index (χ3n) is 2.65. The summed E-state index contributed by atoms with van der Waals surface area (Å²) in [6.45, 7) is 0.630. The molecule has 0 atom stereocenters. The minimum atomic E-state index is -3.57. The Balaban J connectivity index is 2.31. The number of sulfonamides is 1. The van der Waals surface area contributed by atoms with E-state index < -0.39 is 10.0 Å². The van der Waals surface area contributed by atoms with Gasteiger partial charge in [-0.05, 0) is 37.1 Å². The van der Waals surface area contributed by atoms with Gasteiger partial charge in [-0.1, -0.05) is 11.6 Å². The number of carbonyl (C=O) groups excluding carboxylic acids is 1. The highest BCUT2D eigenvalue weighted by atomic mass is 35.5. The third kappa shape index (κ3) is 6.90. The Morgan fingerprint density at radius 1 is 1.14 bits per heavy atom. The van der Waals surface area contributed by atoms with Gasteiger partial charge in [0.2, 0.25) is 15.9 Å². The van der Waals surface area contributed by atoms with Crippen molar-refractivity contribution in [2.24, 2.45) is 0 Å². The van der Waals surface area contributed by atoms with E-state index >= 15 is 0 Å². The van der Waals surface area contributed by atoms with Crippen molar-refractivity contribution >= 4 is 27.5 Å². The SMILES string of the molecule is O=C(CCCNS(=O)(=O)c1ccc(Cl)cc1)NCCCO. The van der Waals surface area contributed by atoms with Crippen LogP contribution in [0, 0.1) is 0 Å². The molecule has 0 unspecified atom stereocenters. The highest BCUT2D eigenvalue weighted by molar-refractivity contribution is 7.89. The summed E-state index contributed by atoms with van der Waals surface area (Å²) in [5.74, 6) is -0.158. The molecule has 0 bridgehead atoms. The summed E-state index contributed by atoms with van der Waals surface area (Å²) in [4.78, 5) is 11.5. The molecule has 1 aromatic carbocycles. The second kappa shape index (κ2) is 8.99. The molecule has 8 heteroatoms. The fourth-order valence-electron chi connectivity index (χ4n) is 1.55. The van der Waals surface area contributed by atoms with Crippen LogP contribution in [0.5, 0.6) is 0 Å². The second-order valence-electron chi connectivity index (χ2n) is 4.38. The molecule has 0 fully saturated rings. The number of benzene rings is 1. The predicted octanol–water partition coefficient (Wildman–Crippen LogP) is 0.897. The fourth-order valence-corrected chi connectivity index (χ4v) is 2.75. The normalized spacial score (nSPS) is 11.3. The molecule has 118 valence electrons. The van der Waals surface area contributed by atoms with E-state index in [2.05, 4.69) is 10.0 Å². The maximum Gasteiger partial charge on any atom is 0.240 e. The standard InChI is InChI=1S/C13H19ClN2O4S/c14-11-4-6-12(7-5-11)21(19,20)16-9-1-3-13(18)15-8-2-10-17/h4-7,16-17H,1-3,8-10H2,(H,15,18). The number of aliphatic hydroxyl groups excluding tert-OH is 1. The zero-order valence-corrected chi connectivity index (χ0v) is 13.1. The van der Waals surface area contributed by atoms with E-state index in [0.717, 1.165) is 0 Å². The maximum absolute atomic E-state index is 11.9. The number of rotatable bonds is 9. The van der Waals surface area contributed by atoms with Gasteiger partial charge in [-0.2, -0.15) is 0 Å². The van der Waals surface area contributed by atoms with E-state index in [1.807, 2.05) is 0 Å². The first-order chi connectivity index (χ1) is 9.95. The van der Waals surface area contributed by atoms with E-state index in [9.17, 15) is 13.2 Å². The number of hydrogen-bond acceptors (Lipinski definition) is 4. The number of halogens is 1. The van der Waals surface area contributed by atoms with Gasteiger partial charge in [0, 0.05) is 31.1 Å². The van der Waals surface area contributed by atoms with E-state index in [1.165, 1.54) is 24.3 Å². The van der Waals surface area contributed by atoms with E-state index in [0.29, 0.717) is 24.4 Å². The number of aliphatic hydroxyl groups is 1. The Labute approximate surface area is 129 Å². The van der Waals surface area contributed by atoms with Crippen LogP contribution in [-0.4, -0.2) is 39.1 Å². The van der Waals surface area contributed by atoms with Gasteiger partial charge in [0.05, 0.1) is 4.90 Å². The van der Waals surface area contributed by atoms with Crippen molar-refractivity contribution in [2.75, 3.05) is 19.7 Å². The van der Waals surface area contributed by atoms with Crippen molar-refractivity contribution < 1.29 is 18.3 Å². The van der Waals surface area contributed by atoms with Crippen LogP contribution in [0.2, 0.25) is 5.02 Å². The van der Waals surface area contributed by atoms with Gasteiger partial charge >= 0.3 is 0 Å². The first-order valence-electron chi connectivity index (χ1n) is 6.58. The van der Waals surface area contributed by atoms with Crippen LogP contribution in [0.25, 0.3) is 0 Å². The molecule has 0 aliphatic carbocycles. The lowest BCUT2D eigenvalue weighted by atomic mass is 10.3. The van der Waals surface area contributed by atoms with Gasteiger partial charge < -0.3 is 10.4 Å². The molecule has 0 heterocycles. The van der Waals surface area contributed by atoms with E-state index in [4.69, 9.17) is 16.7 Å². The van der Waals surface area contributed by atoms with Gasteiger partial charge in [0.15, 0.2) is 0 Å². The molecule has 0 radical (unpaired) electrons. The first kappa shape index (κ1) is 17.9. The molecule has 21 heavy (non-hydrogen) atoms. The average Bonchev–Trinajstić information content (AvgIpc) is 2.44. The molecule has 0 spiro atoms. The average molecular weight is 335 g/mol. The summed E-state index contributed by atoms with van der Waals surface area (Å²) in [6.07, 6.45) is 1.14. The fraction of sp³-hybridized carbons (Fsp3) is 0.462. The molecular formula is C13H19ClN2O4S. The van der Waals surface area contributed by atoms with Gasteiger partial charge in [-0.3, -0.25) is 4.79 Å². The quantitative estimate of drug-likeness (QED) is 0.585. The van der Waals surface area contributed by atoms with E-state index in [-0.39, 0.29) is 30.4 Å². The van der Waals surface area contributed by atoms with Crippen molar-refractivity contribution in [3.63, 3.8) is 0 Å². The second-order valence-corrected chi connectivity index (χ2v) is 6.59. The molecule has 0 saturated heterocycles. The largest absolute Gasteiger partial charge is 0.396 e. The number of amides is 1.